The van der Waals surface area contributed by atoms with Gasteiger partial charge in [0.25, 0.3) is 0 Å². The van der Waals surface area contributed by atoms with Crippen molar-refractivity contribution in [3.8, 4) is 11.1 Å². The highest BCUT2D eigenvalue weighted by atomic mass is 16.7. The highest BCUT2D eigenvalue weighted by molar-refractivity contribution is 6.68. The summed E-state index contributed by atoms with van der Waals surface area (Å²) in [6.07, 6.45) is 0. The molecule has 0 aliphatic carbocycles. The smallest absolute Gasteiger partial charge is 0.399 e. The molecule has 0 N–H and O–H groups in total. The fourth-order valence-corrected chi connectivity index (χ4v) is 3.71. The van der Waals surface area contributed by atoms with Gasteiger partial charge in [0.15, 0.2) is 0 Å². The zero-order valence-corrected chi connectivity index (χ0v) is 17.7. The molecule has 0 unspecified atom stereocenters. The number of rotatable bonds is 2. The standard InChI is InChI=1S/C22H18B6O2/c1-21(2)22(3,4)30-28(29-21)14-8-7-11-9-13(6-5-12(11)10-14)15-16(23)18(25)20(27)19(26)17(15)24/h5-10H,1-4H3. The first kappa shape index (κ1) is 21.5. The van der Waals surface area contributed by atoms with E-state index < -0.39 is 7.12 Å². The van der Waals surface area contributed by atoms with Gasteiger partial charge in [-0.25, -0.2) is 0 Å². The van der Waals surface area contributed by atoms with Crippen molar-refractivity contribution in [2.45, 2.75) is 38.9 Å². The Hall–Kier alpha value is -1.77. The molecule has 1 heterocycles. The van der Waals surface area contributed by atoms with Crippen LogP contribution in [0.5, 0.6) is 0 Å². The monoisotopic (exact) mass is 380 g/mol. The highest BCUT2D eigenvalue weighted by Crippen LogP contribution is 2.36. The second-order valence-electron chi connectivity index (χ2n) is 8.85. The highest BCUT2D eigenvalue weighted by Gasteiger charge is 2.51. The molecule has 0 spiro atoms. The van der Waals surface area contributed by atoms with Gasteiger partial charge in [-0.3, -0.25) is 0 Å². The summed E-state index contributed by atoms with van der Waals surface area (Å²) in [5.74, 6) is 0. The summed E-state index contributed by atoms with van der Waals surface area (Å²) < 4.78 is 12.3. The molecule has 1 aliphatic heterocycles. The lowest BCUT2D eigenvalue weighted by Gasteiger charge is -2.32. The van der Waals surface area contributed by atoms with Crippen LogP contribution >= 0.6 is 0 Å². The van der Waals surface area contributed by atoms with Gasteiger partial charge < -0.3 is 9.31 Å². The first-order valence-electron chi connectivity index (χ1n) is 9.84. The van der Waals surface area contributed by atoms with Gasteiger partial charge >= 0.3 is 7.12 Å². The third-order valence-corrected chi connectivity index (χ3v) is 6.38. The van der Waals surface area contributed by atoms with Crippen LogP contribution in [0.4, 0.5) is 0 Å². The van der Waals surface area contributed by atoms with Crippen molar-refractivity contribution >= 4 is 89.9 Å². The van der Waals surface area contributed by atoms with Crippen LogP contribution in [-0.2, 0) is 9.31 Å². The lowest BCUT2D eigenvalue weighted by atomic mass is 9.59. The Morgan fingerprint density at radius 3 is 1.67 bits per heavy atom. The minimum Gasteiger partial charge on any atom is -0.399 e. The van der Waals surface area contributed by atoms with Crippen molar-refractivity contribution in [1.29, 1.82) is 0 Å². The van der Waals surface area contributed by atoms with Gasteiger partial charge in [0.2, 0.25) is 0 Å². The van der Waals surface area contributed by atoms with E-state index in [2.05, 4.69) is 6.07 Å². The molecule has 136 valence electrons. The van der Waals surface area contributed by atoms with E-state index in [-0.39, 0.29) is 27.6 Å². The topological polar surface area (TPSA) is 18.5 Å². The quantitative estimate of drug-likeness (QED) is 0.520. The van der Waals surface area contributed by atoms with Crippen LogP contribution in [0, 0.1) is 0 Å². The van der Waals surface area contributed by atoms with E-state index in [1.54, 1.807) is 0 Å². The van der Waals surface area contributed by atoms with Crippen LogP contribution in [0.2, 0.25) is 0 Å². The lowest BCUT2D eigenvalue weighted by molar-refractivity contribution is 0.00578. The van der Waals surface area contributed by atoms with Gasteiger partial charge in [0.1, 0.15) is 39.2 Å². The molecule has 0 saturated carbocycles. The SMILES string of the molecule is [B]c1c([B])c([B])c(-c2ccc3cc(B4OC(C)(C)C(C)(C)O4)ccc3c2)c([B])c1[B]. The minimum atomic E-state index is -0.415. The van der Waals surface area contributed by atoms with Crippen LogP contribution in [0.25, 0.3) is 21.9 Å². The molecule has 2 nitrogen and oxygen atoms in total. The summed E-state index contributed by atoms with van der Waals surface area (Å²) in [5, 5.41) is 2.06. The Balaban J connectivity index is 1.76. The Kier molecular flexibility index (Phi) is 5.11. The predicted molar refractivity (Wildman–Crippen MR) is 132 cm³/mol. The van der Waals surface area contributed by atoms with Crippen LogP contribution in [0.3, 0.4) is 0 Å². The molecule has 8 heteroatoms. The Bertz CT molecular complexity index is 1130. The van der Waals surface area contributed by atoms with Crippen LogP contribution in [0.15, 0.2) is 36.4 Å². The third kappa shape index (κ3) is 3.29. The van der Waals surface area contributed by atoms with E-state index in [1.165, 1.54) is 0 Å². The first-order chi connectivity index (χ1) is 13.9. The molecule has 0 amide bonds. The number of hydrogen-bond acceptors (Lipinski definition) is 2. The van der Waals surface area contributed by atoms with E-state index in [0.29, 0.717) is 16.5 Å². The van der Waals surface area contributed by atoms with Gasteiger partial charge in [0.05, 0.1) is 11.2 Å². The summed E-state index contributed by atoms with van der Waals surface area (Å²) in [4.78, 5) is 0. The van der Waals surface area contributed by atoms with Crippen molar-refractivity contribution in [3.05, 3.63) is 36.4 Å². The fraction of sp³-hybridized carbons (Fsp3) is 0.273. The van der Waals surface area contributed by atoms with Crippen LogP contribution < -0.4 is 32.8 Å². The minimum absolute atomic E-state index is 0.210. The Morgan fingerprint density at radius 1 is 0.633 bits per heavy atom. The van der Waals surface area contributed by atoms with E-state index in [9.17, 15) is 0 Å². The van der Waals surface area contributed by atoms with Gasteiger partial charge in [-0.1, -0.05) is 41.3 Å². The molecule has 1 saturated heterocycles. The molecule has 30 heavy (non-hydrogen) atoms. The first-order valence-corrected chi connectivity index (χ1v) is 9.84. The second-order valence-corrected chi connectivity index (χ2v) is 8.85. The summed E-state index contributed by atoms with van der Waals surface area (Å²) >= 11 is 0. The summed E-state index contributed by atoms with van der Waals surface area (Å²) in [6.45, 7) is 8.16. The second kappa shape index (κ2) is 7.14. The van der Waals surface area contributed by atoms with Gasteiger partial charge in [-0.15, -0.1) is 16.4 Å². The molecule has 0 atom stereocenters. The van der Waals surface area contributed by atoms with E-state index in [4.69, 9.17) is 48.5 Å². The molecule has 3 aromatic rings. The van der Waals surface area contributed by atoms with Gasteiger partial charge in [-0.05, 0) is 61.1 Å². The predicted octanol–water partition coefficient (Wildman–Crippen LogP) is -1.22. The molecule has 0 aromatic heterocycles. The van der Waals surface area contributed by atoms with Crippen molar-refractivity contribution in [2.24, 2.45) is 0 Å². The van der Waals surface area contributed by atoms with Crippen molar-refractivity contribution < 1.29 is 9.31 Å². The van der Waals surface area contributed by atoms with Crippen LogP contribution in [0.1, 0.15) is 27.7 Å². The van der Waals surface area contributed by atoms with E-state index >= 15 is 0 Å². The Morgan fingerprint density at radius 2 is 1.10 bits per heavy atom. The molecule has 3 aromatic carbocycles. The van der Waals surface area contributed by atoms with Crippen molar-refractivity contribution in [1.82, 2.24) is 0 Å². The zero-order chi connectivity index (χ0) is 22.0. The zero-order valence-electron chi connectivity index (χ0n) is 17.7. The molecule has 4 rings (SSSR count). The average molecular weight is 379 g/mol. The number of fused-ring (bicyclic) bond motifs is 1. The lowest BCUT2D eigenvalue weighted by Crippen LogP contribution is -2.55. The van der Waals surface area contributed by atoms with Crippen LogP contribution in [-0.4, -0.2) is 57.6 Å². The summed E-state index contributed by atoms with van der Waals surface area (Å²) in [7, 11) is 30.0. The molecule has 10 radical (unpaired) electrons. The molecule has 1 fully saturated rings. The molecule has 0 bridgehead atoms. The van der Waals surface area contributed by atoms with E-state index in [0.717, 1.165) is 21.8 Å². The van der Waals surface area contributed by atoms with Gasteiger partial charge in [-0.2, -0.15) is 0 Å². The maximum absolute atomic E-state index is 6.21. The Labute approximate surface area is 185 Å². The summed E-state index contributed by atoms with van der Waals surface area (Å²) in [6, 6.07) is 12.0. The average Bonchev–Trinajstić information content (AvgIpc) is 2.91. The molecule has 1 aliphatic rings. The molecular formula is C22H18B6O2. The summed E-state index contributed by atoms with van der Waals surface area (Å²) in [5.41, 5.74) is 2.95. The molecular weight excluding hydrogens is 361 g/mol. The fourth-order valence-electron chi connectivity index (χ4n) is 3.71. The maximum Gasteiger partial charge on any atom is 0.494 e. The van der Waals surface area contributed by atoms with Crippen molar-refractivity contribution in [2.75, 3.05) is 0 Å². The number of hydrogen-bond donors (Lipinski definition) is 0. The van der Waals surface area contributed by atoms with E-state index in [1.807, 2.05) is 58.0 Å². The van der Waals surface area contributed by atoms with Crippen molar-refractivity contribution in [3.63, 3.8) is 0 Å². The largest absolute Gasteiger partial charge is 0.494 e. The normalized spacial score (nSPS) is 17.5. The maximum atomic E-state index is 6.21. The number of benzene rings is 3. The third-order valence-electron chi connectivity index (χ3n) is 6.38. The van der Waals surface area contributed by atoms with Gasteiger partial charge in [0, 0.05) is 0 Å².